The second-order valence-corrected chi connectivity index (χ2v) is 1.57. The van der Waals surface area contributed by atoms with Crippen LogP contribution in [0.5, 0.6) is 0 Å². The summed E-state index contributed by atoms with van der Waals surface area (Å²) in [6.07, 6.45) is 0. The molecule has 0 saturated carbocycles. The predicted molar refractivity (Wildman–Crippen MR) is 37.9 cm³/mol. The first-order valence-corrected chi connectivity index (χ1v) is 2.87. The quantitative estimate of drug-likeness (QED) is 0.203. The zero-order valence-corrected chi connectivity index (χ0v) is 6.55. The monoisotopic (exact) mass is 155 g/mol. The lowest BCUT2D eigenvalue weighted by Crippen LogP contribution is -2.41. The minimum absolute atomic E-state index is 0.145. The van der Waals surface area contributed by atoms with Gasteiger partial charge in [0.05, 0.1) is 0 Å². The Hall–Kier alpha value is -0.826. The third-order valence-corrected chi connectivity index (χ3v) is 0.979. The van der Waals surface area contributed by atoms with Gasteiger partial charge in [-0.1, -0.05) is 0 Å². The highest BCUT2D eigenvalue weighted by molar-refractivity contribution is 6.16. The van der Waals surface area contributed by atoms with E-state index in [1.54, 1.807) is 0 Å². The topological polar surface area (TPSA) is 88.8 Å². The molecular weight excluding hydrogens is 150 g/mol. The van der Waals surface area contributed by atoms with Gasteiger partial charge in [-0.25, -0.2) is 0 Å². The predicted octanol–water partition coefficient (Wildman–Crippen LogP) is -2.63. The van der Waals surface area contributed by atoms with Crippen molar-refractivity contribution < 1.29 is 0 Å². The van der Waals surface area contributed by atoms with Gasteiger partial charge >= 0.3 is 0 Å². The van der Waals surface area contributed by atoms with Crippen molar-refractivity contribution in [1.82, 2.24) is 5.32 Å². The van der Waals surface area contributed by atoms with Crippen molar-refractivity contribution in [1.29, 1.82) is 0 Å². The van der Waals surface area contributed by atoms with Gasteiger partial charge in [-0.05, 0) is 0 Å². The van der Waals surface area contributed by atoms with Crippen LogP contribution in [0.4, 0.5) is 0 Å². The summed E-state index contributed by atoms with van der Waals surface area (Å²) in [5, 5.41) is 2.44. The molecule has 0 atom stereocenters. The molecule has 6 radical (unpaired) electrons. The first kappa shape index (κ1) is 8.17. The van der Waals surface area contributed by atoms with E-state index in [1.807, 2.05) is 0 Å². The highest BCUT2D eigenvalue weighted by atomic mass is 28.2. The molecule has 0 unspecified atom stereocenters. The summed E-state index contributed by atoms with van der Waals surface area (Å²) in [6.45, 7) is 0. The summed E-state index contributed by atoms with van der Waals surface area (Å²) < 4.78 is 6.77. The Morgan fingerprint density at radius 1 is 1.11 bits per heavy atom. The lowest BCUT2D eigenvalue weighted by Gasteiger charge is -2.00. The fraction of sp³-hybridized carbons (Fsp3) is 0. The maximum absolute atomic E-state index is 5.16. The number of nitrogens with one attached hydrogen (secondary N) is 1. The molecule has 0 fully saturated rings. The summed E-state index contributed by atoms with van der Waals surface area (Å²) in [4.78, 5) is 0. The maximum atomic E-state index is 5.16. The number of guanidine groups is 2. The second kappa shape index (κ2) is 4.09. The van der Waals surface area contributed by atoms with Crippen LogP contribution in [0.15, 0.2) is 9.32 Å². The Bertz CT molecular complexity index is 124. The first-order chi connectivity index (χ1) is 4.20. The van der Waals surface area contributed by atoms with Crippen molar-refractivity contribution >= 4 is 32.7 Å². The Balaban J connectivity index is 3.75. The van der Waals surface area contributed by atoms with E-state index in [0.717, 1.165) is 0 Å². The molecular formula is C2H5N5Si2. The zero-order valence-electron chi connectivity index (χ0n) is 4.55. The summed E-state index contributed by atoms with van der Waals surface area (Å²) >= 11 is 0. The van der Waals surface area contributed by atoms with Gasteiger partial charge < -0.3 is 11.5 Å². The van der Waals surface area contributed by atoms with E-state index in [2.05, 4.69) is 35.4 Å². The number of nitrogens with two attached hydrogens (primary N) is 2. The molecule has 0 rings (SSSR count). The molecule has 0 aliphatic carbocycles. The molecule has 5 nitrogen and oxygen atoms in total. The number of nitrogens with zero attached hydrogens (tertiary/aromatic N) is 2. The third kappa shape index (κ3) is 3.73. The van der Waals surface area contributed by atoms with Crippen LogP contribution in [-0.4, -0.2) is 32.7 Å². The van der Waals surface area contributed by atoms with Gasteiger partial charge in [0.2, 0.25) is 20.8 Å². The summed E-state index contributed by atoms with van der Waals surface area (Å²) in [5.41, 5.74) is 10.3. The molecule has 0 heterocycles. The summed E-state index contributed by atoms with van der Waals surface area (Å²) in [5.74, 6) is 0.289. The van der Waals surface area contributed by atoms with Gasteiger partial charge in [0.25, 0.3) is 0 Å². The van der Waals surface area contributed by atoms with Crippen LogP contribution >= 0.6 is 0 Å². The van der Waals surface area contributed by atoms with Crippen LogP contribution in [0, 0.1) is 0 Å². The molecule has 0 bridgehead atoms. The van der Waals surface area contributed by atoms with E-state index < -0.39 is 0 Å². The van der Waals surface area contributed by atoms with Gasteiger partial charge in [-0.15, -0.1) is 0 Å². The Morgan fingerprint density at radius 3 is 1.67 bits per heavy atom. The largest absolute Gasteiger partial charge is 0.370 e. The molecule has 0 amide bonds. The molecule has 46 valence electrons. The van der Waals surface area contributed by atoms with Gasteiger partial charge in [0.1, 0.15) is 0 Å². The van der Waals surface area contributed by atoms with Crippen molar-refractivity contribution in [2.24, 2.45) is 20.8 Å². The maximum Gasteiger partial charge on any atom is 0.226 e. The van der Waals surface area contributed by atoms with E-state index >= 15 is 0 Å². The van der Waals surface area contributed by atoms with Crippen LogP contribution in [0.25, 0.3) is 0 Å². The minimum atomic E-state index is 0.145. The number of rotatable bonds is 0. The smallest absolute Gasteiger partial charge is 0.226 e. The highest BCUT2D eigenvalue weighted by Crippen LogP contribution is 1.57. The van der Waals surface area contributed by atoms with Gasteiger partial charge in [0, 0.05) is 0 Å². The Morgan fingerprint density at radius 2 is 1.44 bits per heavy atom. The van der Waals surface area contributed by atoms with Crippen LogP contribution in [0.2, 0.25) is 0 Å². The third-order valence-electron chi connectivity index (χ3n) is 0.497. The van der Waals surface area contributed by atoms with Crippen molar-refractivity contribution in [3.63, 3.8) is 0 Å². The molecule has 0 saturated heterocycles. The van der Waals surface area contributed by atoms with Gasteiger partial charge in [-0.2, -0.15) is 0 Å². The number of hydrogen-bond donors (Lipinski definition) is 3. The zero-order chi connectivity index (χ0) is 7.28. The highest BCUT2D eigenvalue weighted by Gasteiger charge is 1.88. The molecule has 0 aromatic carbocycles. The SMILES string of the molecule is NC(=N[Si])N/C(N)=N\[Si]. The van der Waals surface area contributed by atoms with Gasteiger partial charge in [0.15, 0.2) is 11.9 Å². The molecule has 7 heteroatoms. The standard InChI is InChI=1S/C2H5N5Si2/c3-1(6-8)5-2(4)7-9/h(H5,3,4,5,6,7). The van der Waals surface area contributed by atoms with E-state index in [1.165, 1.54) is 0 Å². The lowest BCUT2D eigenvalue weighted by atomic mass is 10.9. The van der Waals surface area contributed by atoms with E-state index in [9.17, 15) is 0 Å². The molecule has 0 aromatic rings. The molecule has 0 aliphatic rings. The molecule has 5 N–H and O–H groups in total. The normalized spacial score (nSPS) is 13.6. The second-order valence-electron chi connectivity index (χ2n) is 1.12. The Kier molecular flexibility index (Phi) is 3.72. The number of hydrogen-bond acceptors (Lipinski definition) is 2. The van der Waals surface area contributed by atoms with Crippen LogP contribution in [0.3, 0.4) is 0 Å². The summed E-state index contributed by atoms with van der Waals surface area (Å²) in [7, 11) is 5.58. The van der Waals surface area contributed by atoms with Crippen LogP contribution in [0.1, 0.15) is 0 Å². The summed E-state index contributed by atoms with van der Waals surface area (Å²) in [6, 6.07) is 0. The van der Waals surface area contributed by atoms with E-state index in [-0.39, 0.29) is 11.9 Å². The average Bonchev–Trinajstić information content (AvgIpc) is 1.87. The minimum Gasteiger partial charge on any atom is -0.370 e. The fourth-order valence-electron chi connectivity index (χ4n) is 0.187. The molecule has 0 aliphatic heterocycles. The van der Waals surface area contributed by atoms with Crippen LogP contribution in [-0.2, 0) is 0 Å². The fourth-order valence-corrected chi connectivity index (χ4v) is 0.299. The van der Waals surface area contributed by atoms with Crippen molar-refractivity contribution in [3.8, 4) is 0 Å². The van der Waals surface area contributed by atoms with Crippen molar-refractivity contribution in [2.45, 2.75) is 0 Å². The average molecular weight is 155 g/mol. The van der Waals surface area contributed by atoms with Crippen LogP contribution < -0.4 is 16.8 Å². The lowest BCUT2D eigenvalue weighted by molar-refractivity contribution is 1.27. The van der Waals surface area contributed by atoms with E-state index in [4.69, 9.17) is 11.5 Å². The van der Waals surface area contributed by atoms with Crippen molar-refractivity contribution in [3.05, 3.63) is 0 Å². The Labute approximate surface area is 59.6 Å². The van der Waals surface area contributed by atoms with Crippen molar-refractivity contribution in [2.75, 3.05) is 0 Å². The molecule has 9 heavy (non-hydrogen) atoms. The van der Waals surface area contributed by atoms with Gasteiger partial charge in [-0.3, -0.25) is 14.6 Å². The molecule has 0 spiro atoms. The van der Waals surface area contributed by atoms with E-state index in [0.29, 0.717) is 0 Å². The first-order valence-electron chi connectivity index (χ1n) is 1.97. The molecule has 0 aromatic heterocycles.